The number of benzene rings is 1. The molecule has 2 aromatic rings. The minimum absolute atomic E-state index is 0.0269. The summed E-state index contributed by atoms with van der Waals surface area (Å²) in [6.45, 7) is 8.67. The number of epoxide rings is 1. The molecule has 2 unspecified atom stereocenters. The van der Waals surface area contributed by atoms with Crippen LogP contribution < -0.4 is 10.6 Å². The van der Waals surface area contributed by atoms with Crippen LogP contribution in [0.25, 0.3) is 0 Å². The molecule has 13 heteroatoms. The highest BCUT2D eigenvalue weighted by atomic mass is 32.1. The third-order valence-corrected chi connectivity index (χ3v) is 9.04. The first-order chi connectivity index (χ1) is 21.8. The molecule has 0 radical (unpaired) electrons. The minimum Gasteiger partial charge on any atom is -0.468 e. The van der Waals surface area contributed by atoms with E-state index < -0.39 is 47.6 Å². The molecule has 0 saturated carbocycles. The summed E-state index contributed by atoms with van der Waals surface area (Å²) in [4.78, 5) is 69.2. The number of unbranched alkanes of at least 4 members (excludes halogenated alkanes) is 1. The number of amides is 3. The molecule has 2 heterocycles. The van der Waals surface area contributed by atoms with E-state index >= 15 is 0 Å². The predicted octanol–water partition coefficient (Wildman–Crippen LogP) is 3.60. The number of thiazole rings is 1. The van der Waals surface area contributed by atoms with Gasteiger partial charge in [-0.05, 0) is 31.2 Å². The van der Waals surface area contributed by atoms with Gasteiger partial charge in [0.1, 0.15) is 23.4 Å². The van der Waals surface area contributed by atoms with Gasteiger partial charge in [0, 0.05) is 38.2 Å². The molecule has 12 nitrogen and oxygen atoms in total. The van der Waals surface area contributed by atoms with Gasteiger partial charge in [-0.3, -0.25) is 24.0 Å². The van der Waals surface area contributed by atoms with Crippen molar-refractivity contribution in [2.24, 2.45) is 5.92 Å². The third kappa shape index (κ3) is 9.83. The second-order valence-electron chi connectivity index (χ2n) is 12.0. The van der Waals surface area contributed by atoms with E-state index in [0.717, 1.165) is 18.4 Å². The largest absolute Gasteiger partial charge is 0.468 e. The number of hydrogen-bond donors (Lipinski definition) is 2. The van der Waals surface area contributed by atoms with Crippen LogP contribution in [0, 0.1) is 5.92 Å². The summed E-state index contributed by atoms with van der Waals surface area (Å²) < 4.78 is 16.1. The van der Waals surface area contributed by atoms with Gasteiger partial charge < -0.3 is 29.7 Å². The average Bonchev–Trinajstić information content (AvgIpc) is 3.48. The fourth-order valence-electron chi connectivity index (χ4n) is 5.35. The van der Waals surface area contributed by atoms with E-state index in [1.807, 2.05) is 51.1 Å². The maximum Gasteiger partial charge on any atom is 0.325 e. The Morgan fingerprint density at radius 2 is 1.85 bits per heavy atom. The summed E-state index contributed by atoms with van der Waals surface area (Å²) in [5.74, 6) is -1.96. The first-order valence-electron chi connectivity index (χ1n) is 15.6. The SMILES string of the molecule is CCCCC(=O)N(C)[C@H](C[C@@H](OC(C)=O)c1nc(C(=O)N[C@@H](Cc2ccccc2)C2OC2(C)C(=O)NCC(=O)OC)cs1)C(C)C. The van der Waals surface area contributed by atoms with Gasteiger partial charge in [-0.25, -0.2) is 4.98 Å². The van der Waals surface area contributed by atoms with Crippen LogP contribution in [-0.2, 0) is 39.8 Å². The quantitative estimate of drug-likeness (QED) is 0.192. The van der Waals surface area contributed by atoms with Crippen molar-refractivity contribution < 1.29 is 38.2 Å². The van der Waals surface area contributed by atoms with Crippen LogP contribution in [0.15, 0.2) is 35.7 Å². The Balaban J connectivity index is 1.79. The van der Waals surface area contributed by atoms with Gasteiger partial charge >= 0.3 is 11.9 Å². The lowest BCUT2D eigenvalue weighted by Gasteiger charge is -2.33. The van der Waals surface area contributed by atoms with Crippen molar-refractivity contribution in [1.82, 2.24) is 20.5 Å². The zero-order chi connectivity index (χ0) is 34.0. The van der Waals surface area contributed by atoms with Crippen molar-refractivity contribution in [3.8, 4) is 0 Å². The van der Waals surface area contributed by atoms with E-state index in [1.165, 1.54) is 25.4 Å². The fraction of sp³-hybridized carbons (Fsp3) is 0.576. The van der Waals surface area contributed by atoms with Crippen LogP contribution in [0.3, 0.4) is 0 Å². The average molecular weight is 659 g/mol. The number of esters is 2. The molecule has 0 spiro atoms. The molecule has 3 amide bonds. The number of methoxy groups -OCH3 is 1. The lowest BCUT2D eigenvalue weighted by molar-refractivity contribution is -0.148. The molecule has 0 bridgehead atoms. The van der Waals surface area contributed by atoms with E-state index in [4.69, 9.17) is 9.47 Å². The van der Waals surface area contributed by atoms with Gasteiger partial charge in [0.05, 0.1) is 13.2 Å². The standard InChI is InChI=1S/C33H46N4O8S/c1-8-9-15-27(39)37(6)25(20(2)3)17-26(44-21(4)38)31-36-24(19-46-31)30(41)35-23(16-22-13-11-10-12-14-22)29-33(5,45-29)32(42)34-18-28(40)43-7/h10-14,19-20,23,25-26,29H,8-9,15-18H2,1-7H3,(H,34,42)(H,35,41)/t23-,25+,26+,29?,33?/m0/s1. The lowest BCUT2D eigenvalue weighted by Crippen LogP contribution is -2.47. The van der Waals surface area contributed by atoms with Gasteiger partial charge in [-0.2, -0.15) is 0 Å². The highest BCUT2D eigenvalue weighted by Crippen LogP contribution is 2.40. The number of carbonyl (C=O) groups is 5. The second kappa shape index (κ2) is 16.6. The molecule has 46 heavy (non-hydrogen) atoms. The normalized spacial score (nSPS) is 19.0. The molecule has 3 rings (SSSR count). The zero-order valence-corrected chi connectivity index (χ0v) is 28.5. The van der Waals surface area contributed by atoms with Crippen molar-refractivity contribution in [1.29, 1.82) is 0 Å². The molecule has 1 aliphatic rings. The van der Waals surface area contributed by atoms with Crippen LogP contribution in [0.2, 0.25) is 0 Å². The molecular formula is C33H46N4O8S. The maximum absolute atomic E-state index is 13.6. The summed E-state index contributed by atoms with van der Waals surface area (Å²) >= 11 is 1.20. The van der Waals surface area contributed by atoms with Crippen LogP contribution in [0.5, 0.6) is 0 Å². The van der Waals surface area contributed by atoms with Gasteiger partial charge in [0.25, 0.3) is 11.8 Å². The van der Waals surface area contributed by atoms with E-state index in [9.17, 15) is 24.0 Å². The molecule has 1 aliphatic heterocycles. The maximum atomic E-state index is 13.6. The van der Waals surface area contributed by atoms with Crippen molar-refractivity contribution in [3.63, 3.8) is 0 Å². The molecule has 1 saturated heterocycles. The van der Waals surface area contributed by atoms with Crippen LogP contribution in [0.1, 0.15) is 87.5 Å². The highest BCUT2D eigenvalue weighted by molar-refractivity contribution is 7.09. The van der Waals surface area contributed by atoms with Crippen molar-refractivity contribution in [2.75, 3.05) is 20.7 Å². The van der Waals surface area contributed by atoms with E-state index in [0.29, 0.717) is 24.3 Å². The summed E-state index contributed by atoms with van der Waals surface area (Å²) in [5, 5.41) is 7.54. The van der Waals surface area contributed by atoms with Crippen LogP contribution >= 0.6 is 11.3 Å². The fourth-order valence-corrected chi connectivity index (χ4v) is 6.19. The molecule has 1 aromatic carbocycles. The molecule has 2 N–H and O–H groups in total. The summed E-state index contributed by atoms with van der Waals surface area (Å²) in [5.41, 5.74) is -0.214. The Morgan fingerprint density at radius 3 is 2.46 bits per heavy atom. The number of carbonyl (C=O) groups excluding carboxylic acids is 5. The van der Waals surface area contributed by atoms with Crippen molar-refractivity contribution >= 4 is 41.0 Å². The van der Waals surface area contributed by atoms with Crippen LogP contribution in [0.4, 0.5) is 0 Å². The van der Waals surface area contributed by atoms with Crippen molar-refractivity contribution in [2.45, 2.75) is 96.6 Å². The summed E-state index contributed by atoms with van der Waals surface area (Å²) in [6, 6.07) is 8.64. The molecule has 0 aliphatic carbocycles. The van der Waals surface area contributed by atoms with Gasteiger partial charge in [0.15, 0.2) is 11.7 Å². The van der Waals surface area contributed by atoms with Crippen LogP contribution in [-0.4, -0.2) is 84.0 Å². The predicted molar refractivity (Wildman–Crippen MR) is 172 cm³/mol. The summed E-state index contributed by atoms with van der Waals surface area (Å²) in [6.07, 6.45) is 1.41. The Bertz CT molecular complexity index is 1370. The van der Waals surface area contributed by atoms with E-state index in [1.54, 1.807) is 24.3 Å². The molecule has 1 aromatic heterocycles. The Morgan fingerprint density at radius 1 is 1.15 bits per heavy atom. The number of rotatable bonds is 17. The van der Waals surface area contributed by atoms with Crippen molar-refractivity contribution in [3.05, 3.63) is 52.0 Å². The van der Waals surface area contributed by atoms with E-state index in [-0.39, 0.29) is 30.1 Å². The smallest absolute Gasteiger partial charge is 0.325 e. The Hall–Kier alpha value is -3.84. The number of nitrogens with zero attached hydrogens (tertiary/aromatic N) is 2. The topological polar surface area (TPSA) is 157 Å². The lowest BCUT2D eigenvalue weighted by atomic mass is 9.95. The molecule has 252 valence electrons. The number of aromatic nitrogens is 1. The number of nitrogens with one attached hydrogen (secondary N) is 2. The molecular weight excluding hydrogens is 612 g/mol. The Kier molecular flexibility index (Phi) is 13.2. The number of hydrogen-bond acceptors (Lipinski definition) is 10. The summed E-state index contributed by atoms with van der Waals surface area (Å²) in [7, 11) is 3.00. The Labute approximate surface area is 274 Å². The first-order valence-corrected chi connectivity index (χ1v) is 16.4. The molecule has 5 atom stereocenters. The third-order valence-electron chi connectivity index (χ3n) is 8.11. The minimum atomic E-state index is -1.26. The van der Waals surface area contributed by atoms with Gasteiger partial charge in [-0.15, -0.1) is 11.3 Å². The highest BCUT2D eigenvalue weighted by Gasteiger charge is 2.62. The number of ether oxygens (including phenoxy) is 3. The second-order valence-corrected chi connectivity index (χ2v) is 12.9. The molecule has 1 fully saturated rings. The van der Waals surface area contributed by atoms with Gasteiger partial charge in [0.2, 0.25) is 5.91 Å². The zero-order valence-electron chi connectivity index (χ0n) is 27.7. The van der Waals surface area contributed by atoms with Gasteiger partial charge in [-0.1, -0.05) is 57.5 Å². The first kappa shape index (κ1) is 36.6. The van der Waals surface area contributed by atoms with E-state index in [2.05, 4.69) is 20.4 Å². The monoisotopic (exact) mass is 658 g/mol.